The van der Waals surface area contributed by atoms with Gasteiger partial charge in [-0.1, -0.05) is 36.7 Å². The molecule has 3 heteroatoms. The Bertz CT molecular complexity index is 363. The Balaban J connectivity index is 2.78. The second-order valence-electron chi connectivity index (χ2n) is 3.59. The van der Waals surface area contributed by atoms with Gasteiger partial charge in [0.15, 0.2) is 0 Å². The summed E-state index contributed by atoms with van der Waals surface area (Å²) in [7, 11) is 0. The van der Waals surface area contributed by atoms with E-state index in [0.717, 1.165) is 27.0 Å². The first kappa shape index (κ1) is 13.0. The highest BCUT2D eigenvalue weighted by molar-refractivity contribution is 14.1. The van der Waals surface area contributed by atoms with Crippen LogP contribution >= 0.6 is 34.2 Å². The van der Waals surface area contributed by atoms with E-state index < -0.39 is 0 Å². The molecule has 0 spiro atoms. The highest BCUT2D eigenvalue weighted by Gasteiger charge is 2.08. The van der Waals surface area contributed by atoms with Gasteiger partial charge in [-0.05, 0) is 53.1 Å². The Morgan fingerprint density at radius 1 is 1.60 bits per heavy atom. The summed E-state index contributed by atoms with van der Waals surface area (Å²) in [5, 5.41) is 0.769. The molecule has 0 bridgehead atoms. The molecular formula is C12H15ClIN. The zero-order valence-electron chi connectivity index (χ0n) is 8.76. The molecule has 0 aliphatic heterocycles. The van der Waals surface area contributed by atoms with E-state index in [1.54, 1.807) is 0 Å². The van der Waals surface area contributed by atoms with E-state index in [4.69, 9.17) is 17.3 Å². The van der Waals surface area contributed by atoms with Crippen molar-refractivity contribution in [3.63, 3.8) is 0 Å². The van der Waals surface area contributed by atoms with Crippen LogP contribution in [0.15, 0.2) is 30.4 Å². The topological polar surface area (TPSA) is 26.0 Å². The standard InChI is InChI=1S/C12H15ClIN/c1-3-8(2)6-12(15)9-4-5-11(14)10(13)7-9/h4-5,7,12H,2-3,6,15H2,1H3. The van der Waals surface area contributed by atoms with Crippen LogP contribution in [0.25, 0.3) is 0 Å². The van der Waals surface area contributed by atoms with E-state index in [2.05, 4.69) is 36.1 Å². The Kier molecular flexibility index (Phi) is 5.09. The third-order valence-electron chi connectivity index (χ3n) is 2.38. The molecule has 1 aromatic carbocycles. The molecule has 0 amide bonds. The lowest BCUT2D eigenvalue weighted by molar-refractivity contribution is 0.701. The van der Waals surface area contributed by atoms with Crippen molar-refractivity contribution in [2.24, 2.45) is 5.73 Å². The number of rotatable bonds is 4. The maximum Gasteiger partial charge on any atom is 0.0542 e. The van der Waals surface area contributed by atoms with Crippen LogP contribution in [-0.2, 0) is 0 Å². The molecule has 82 valence electrons. The van der Waals surface area contributed by atoms with Crippen molar-refractivity contribution in [3.05, 3.63) is 44.5 Å². The second kappa shape index (κ2) is 5.87. The van der Waals surface area contributed by atoms with Crippen LogP contribution in [-0.4, -0.2) is 0 Å². The average molecular weight is 336 g/mol. The predicted octanol–water partition coefficient (Wildman–Crippen LogP) is 4.30. The van der Waals surface area contributed by atoms with Crippen LogP contribution in [0.1, 0.15) is 31.4 Å². The summed E-state index contributed by atoms with van der Waals surface area (Å²) in [6.45, 7) is 6.06. The van der Waals surface area contributed by atoms with E-state index in [1.165, 1.54) is 5.57 Å². The van der Waals surface area contributed by atoms with E-state index in [0.29, 0.717) is 0 Å². The SMILES string of the molecule is C=C(CC)CC(N)c1ccc(I)c(Cl)c1. The van der Waals surface area contributed by atoms with Crippen LogP contribution in [0.2, 0.25) is 5.02 Å². The molecular weight excluding hydrogens is 320 g/mol. The summed E-state index contributed by atoms with van der Waals surface area (Å²) in [6.07, 6.45) is 1.80. The van der Waals surface area contributed by atoms with Gasteiger partial charge in [0.1, 0.15) is 0 Å². The van der Waals surface area contributed by atoms with Crippen molar-refractivity contribution in [2.45, 2.75) is 25.8 Å². The zero-order valence-corrected chi connectivity index (χ0v) is 11.7. The van der Waals surface area contributed by atoms with Crippen molar-refractivity contribution >= 4 is 34.2 Å². The highest BCUT2D eigenvalue weighted by atomic mass is 127. The quantitative estimate of drug-likeness (QED) is 0.644. The third-order valence-corrected chi connectivity index (χ3v) is 3.95. The van der Waals surface area contributed by atoms with Crippen LogP contribution < -0.4 is 5.73 Å². The molecule has 0 fully saturated rings. The summed E-state index contributed by atoms with van der Waals surface area (Å²) in [6, 6.07) is 5.97. The molecule has 1 unspecified atom stereocenters. The minimum absolute atomic E-state index is 0.00644. The largest absolute Gasteiger partial charge is 0.324 e. The van der Waals surface area contributed by atoms with Gasteiger partial charge in [-0.3, -0.25) is 0 Å². The molecule has 0 aromatic heterocycles. The van der Waals surface area contributed by atoms with Gasteiger partial charge < -0.3 is 5.73 Å². The average Bonchev–Trinajstić information content (AvgIpc) is 2.21. The van der Waals surface area contributed by atoms with E-state index in [9.17, 15) is 0 Å². The first-order valence-electron chi connectivity index (χ1n) is 4.91. The van der Waals surface area contributed by atoms with E-state index >= 15 is 0 Å². The van der Waals surface area contributed by atoms with Gasteiger partial charge in [-0.25, -0.2) is 0 Å². The maximum atomic E-state index is 6.07. The third kappa shape index (κ3) is 3.78. The monoisotopic (exact) mass is 335 g/mol. The highest BCUT2D eigenvalue weighted by Crippen LogP contribution is 2.25. The summed E-state index contributed by atoms with van der Waals surface area (Å²) in [5.74, 6) is 0. The van der Waals surface area contributed by atoms with Gasteiger partial charge in [0.05, 0.1) is 5.02 Å². The Hall–Kier alpha value is -0.0600. The molecule has 1 aromatic rings. The fourth-order valence-corrected chi connectivity index (χ4v) is 1.84. The van der Waals surface area contributed by atoms with Gasteiger partial charge in [-0.2, -0.15) is 0 Å². The van der Waals surface area contributed by atoms with Crippen LogP contribution in [0.4, 0.5) is 0 Å². The number of nitrogens with two attached hydrogens (primary N) is 1. The molecule has 0 heterocycles. The molecule has 1 rings (SSSR count). The Morgan fingerprint density at radius 2 is 2.27 bits per heavy atom. The molecule has 0 aliphatic rings. The van der Waals surface area contributed by atoms with Gasteiger partial charge >= 0.3 is 0 Å². The lowest BCUT2D eigenvalue weighted by Crippen LogP contribution is -2.10. The molecule has 1 atom stereocenters. The normalized spacial score (nSPS) is 12.5. The Morgan fingerprint density at radius 3 is 2.80 bits per heavy atom. The molecule has 0 saturated heterocycles. The summed E-state index contributed by atoms with van der Waals surface area (Å²) < 4.78 is 1.06. The van der Waals surface area contributed by atoms with E-state index in [-0.39, 0.29) is 6.04 Å². The molecule has 0 aliphatic carbocycles. The predicted molar refractivity (Wildman–Crippen MR) is 75.1 cm³/mol. The van der Waals surface area contributed by atoms with Gasteiger partial charge in [0.25, 0.3) is 0 Å². The number of benzene rings is 1. The second-order valence-corrected chi connectivity index (χ2v) is 5.16. The molecule has 0 saturated carbocycles. The van der Waals surface area contributed by atoms with Crippen molar-refractivity contribution in [2.75, 3.05) is 0 Å². The number of hydrogen-bond donors (Lipinski definition) is 1. The number of hydrogen-bond acceptors (Lipinski definition) is 1. The van der Waals surface area contributed by atoms with Gasteiger partial charge in [0.2, 0.25) is 0 Å². The Labute approximate surface area is 110 Å². The fourth-order valence-electron chi connectivity index (χ4n) is 1.32. The van der Waals surface area contributed by atoms with Crippen molar-refractivity contribution in [1.82, 2.24) is 0 Å². The molecule has 1 nitrogen and oxygen atoms in total. The molecule has 2 N–H and O–H groups in total. The van der Waals surface area contributed by atoms with Crippen LogP contribution in [0, 0.1) is 3.57 Å². The lowest BCUT2D eigenvalue weighted by atomic mass is 9.99. The van der Waals surface area contributed by atoms with Crippen LogP contribution in [0.5, 0.6) is 0 Å². The first-order chi connectivity index (χ1) is 7.04. The van der Waals surface area contributed by atoms with E-state index in [1.807, 2.05) is 18.2 Å². The summed E-state index contributed by atoms with van der Waals surface area (Å²) in [4.78, 5) is 0. The van der Waals surface area contributed by atoms with Gasteiger partial charge in [0, 0.05) is 9.61 Å². The zero-order chi connectivity index (χ0) is 11.4. The van der Waals surface area contributed by atoms with Crippen LogP contribution in [0.3, 0.4) is 0 Å². The van der Waals surface area contributed by atoms with Gasteiger partial charge in [-0.15, -0.1) is 0 Å². The van der Waals surface area contributed by atoms with Crippen molar-refractivity contribution in [1.29, 1.82) is 0 Å². The first-order valence-corrected chi connectivity index (χ1v) is 6.37. The minimum Gasteiger partial charge on any atom is -0.324 e. The minimum atomic E-state index is 0.00644. The molecule has 15 heavy (non-hydrogen) atoms. The molecule has 0 radical (unpaired) electrons. The fraction of sp³-hybridized carbons (Fsp3) is 0.333. The van der Waals surface area contributed by atoms with Crippen molar-refractivity contribution in [3.8, 4) is 0 Å². The van der Waals surface area contributed by atoms with Crippen molar-refractivity contribution < 1.29 is 0 Å². The summed E-state index contributed by atoms with van der Waals surface area (Å²) in [5.41, 5.74) is 8.33. The smallest absolute Gasteiger partial charge is 0.0542 e. The lowest BCUT2D eigenvalue weighted by Gasteiger charge is -2.13. The summed E-state index contributed by atoms with van der Waals surface area (Å²) >= 11 is 8.25. The maximum absolute atomic E-state index is 6.07. The number of halogens is 2.